The van der Waals surface area contributed by atoms with Crippen molar-refractivity contribution in [3.05, 3.63) is 72.8 Å². The number of urea groups is 1. The highest BCUT2D eigenvalue weighted by Gasteiger charge is 2.20. The monoisotopic (exact) mass is 410 g/mol. The van der Waals surface area contributed by atoms with E-state index in [1.807, 2.05) is 6.20 Å². The molecular formula is C21H22N4O3S. The highest BCUT2D eigenvalue weighted by molar-refractivity contribution is 7.91. The average molecular weight is 410 g/mol. The molecule has 1 atom stereocenters. The Morgan fingerprint density at radius 3 is 2.55 bits per heavy atom. The van der Waals surface area contributed by atoms with Crippen LogP contribution in [0.15, 0.2) is 76.8 Å². The zero-order valence-corrected chi connectivity index (χ0v) is 16.6. The molecule has 2 heterocycles. The lowest BCUT2D eigenvalue weighted by molar-refractivity contribution is 0.247. The maximum absolute atomic E-state index is 12.6. The molecule has 1 unspecified atom stereocenters. The number of benzene rings is 2. The highest BCUT2D eigenvalue weighted by Crippen LogP contribution is 2.22. The fourth-order valence-electron chi connectivity index (χ4n) is 3.47. The van der Waals surface area contributed by atoms with E-state index in [0.29, 0.717) is 18.2 Å². The smallest absolute Gasteiger partial charge is 0.319 e. The molecule has 1 aromatic heterocycles. The van der Waals surface area contributed by atoms with Crippen LogP contribution >= 0.6 is 0 Å². The predicted molar refractivity (Wildman–Crippen MR) is 109 cm³/mol. The van der Waals surface area contributed by atoms with E-state index in [2.05, 4.69) is 20.2 Å². The van der Waals surface area contributed by atoms with Crippen molar-refractivity contribution in [1.82, 2.24) is 14.9 Å². The lowest BCUT2D eigenvalue weighted by Crippen LogP contribution is -2.36. The summed E-state index contributed by atoms with van der Waals surface area (Å²) in [5.41, 5.74) is 0.537. The van der Waals surface area contributed by atoms with E-state index in [4.69, 9.17) is 0 Å². The summed E-state index contributed by atoms with van der Waals surface area (Å²) in [6, 6.07) is 14.1. The van der Waals surface area contributed by atoms with E-state index in [0.717, 1.165) is 25.2 Å². The lowest BCUT2D eigenvalue weighted by atomic mass is 9.99. The highest BCUT2D eigenvalue weighted by atomic mass is 32.2. The molecule has 0 fully saturated rings. The van der Waals surface area contributed by atoms with Crippen LogP contribution < -0.4 is 10.6 Å². The summed E-state index contributed by atoms with van der Waals surface area (Å²) in [5, 5.41) is 5.64. The van der Waals surface area contributed by atoms with Gasteiger partial charge >= 0.3 is 6.03 Å². The van der Waals surface area contributed by atoms with Gasteiger partial charge in [0.1, 0.15) is 5.82 Å². The third-order valence-electron chi connectivity index (χ3n) is 5.06. The molecule has 4 rings (SSSR count). The van der Waals surface area contributed by atoms with Crippen molar-refractivity contribution in [3.8, 4) is 0 Å². The third-order valence-corrected chi connectivity index (χ3v) is 6.85. The molecule has 1 aliphatic rings. The first kappa shape index (κ1) is 19.2. The van der Waals surface area contributed by atoms with Crippen molar-refractivity contribution in [2.75, 3.05) is 11.9 Å². The van der Waals surface area contributed by atoms with E-state index >= 15 is 0 Å². The van der Waals surface area contributed by atoms with Crippen LogP contribution in [0.5, 0.6) is 0 Å². The maximum atomic E-state index is 12.6. The Hall–Kier alpha value is -3.13. The summed E-state index contributed by atoms with van der Waals surface area (Å²) in [5.74, 6) is 1.46. The first-order valence-corrected chi connectivity index (χ1v) is 11.0. The number of imidazole rings is 1. The number of rotatable bonds is 5. The van der Waals surface area contributed by atoms with E-state index in [1.54, 1.807) is 48.7 Å². The average Bonchev–Trinajstić information content (AvgIpc) is 3.21. The fourth-order valence-corrected chi connectivity index (χ4v) is 4.75. The van der Waals surface area contributed by atoms with Crippen LogP contribution in [0.25, 0.3) is 0 Å². The summed E-state index contributed by atoms with van der Waals surface area (Å²) in [6.45, 7) is 1.42. The molecule has 0 saturated carbocycles. The molecule has 0 radical (unpaired) electrons. The molecule has 2 amide bonds. The van der Waals surface area contributed by atoms with Crippen LogP contribution in [0.3, 0.4) is 0 Å². The summed E-state index contributed by atoms with van der Waals surface area (Å²) < 4.78 is 27.3. The van der Waals surface area contributed by atoms with Crippen molar-refractivity contribution in [1.29, 1.82) is 0 Å². The van der Waals surface area contributed by atoms with Crippen molar-refractivity contribution >= 4 is 21.6 Å². The van der Waals surface area contributed by atoms with Crippen LogP contribution in [-0.4, -0.2) is 30.5 Å². The van der Waals surface area contributed by atoms with Gasteiger partial charge < -0.3 is 15.2 Å². The molecule has 8 heteroatoms. The van der Waals surface area contributed by atoms with E-state index in [-0.39, 0.29) is 15.8 Å². The first-order chi connectivity index (χ1) is 14.0. The Kier molecular flexibility index (Phi) is 5.35. The second-order valence-corrected chi connectivity index (χ2v) is 9.03. The number of aromatic nitrogens is 2. The van der Waals surface area contributed by atoms with Crippen LogP contribution in [0.2, 0.25) is 0 Å². The minimum atomic E-state index is -3.56. The number of anilines is 1. The molecule has 0 saturated heterocycles. The van der Waals surface area contributed by atoms with Crippen molar-refractivity contribution in [2.24, 2.45) is 5.92 Å². The molecule has 3 aromatic rings. The van der Waals surface area contributed by atoms with Crippen molar-refractivity contribution in [3.63, 3.8) is 0 Å². The van der Waals surface area contributed by atoms with Gasteiger partial charge in [-0.25, -0.2) is 18.2 Å². The SMILES string of the molecule is O=C(NCC1CCc2nccn2C1)Nc1ccc(S(=O)(=O)c2ccccc2)cc1. The van der Waals surface area contributed by atoms with Crippen LogP contribution in [0.4, 0.5) is 10.5 Å². The number of hydrogen-bond donors (Lipinski definition) is 2. The number of aryl methyl sites for hydroxylation is 1. The number of nitrogens with zero attached hydrogens (tertiary/aromatic N) is 2. The van der Waals surface area contributed by atoms with Gasteiger partial charge in [-0.3, -0.25) is 0 Å². The van der Waals surface area contributed by atoms with Gasteiger partial charge in [-0.1, -0.05) is 18.2 Å². The minimum Gasteiger partial charge on any atom is -0.338 e. The first-order valence-electron chi connectivity index (χ1n) is 9.47. The largest absolute Gasteiger partial charge is 0.338 e. The summed E-state index contributed by atoms with van der Waals surface area (Å²) >= 11 is 0. The van der Waals surface area contributed by atoms with E-state index in [9.17, 15) is 13.2 Å². The molecule has 29 heavy (non-hydrogen) atoms. The quantitative estimate of drug-likeness (QED) is 0.676. The molecule has 150 valence electrons. The maximum Gasteiger partial charge on any atom is 0.319 e. The fraction of sp³-hybridized carbons (Fsp3) is 0.238. The van der Waals surface area contributed by atoms with Gasteiger partial charge in [0.2, 0.25) is 9.84 Å². The number of fused-ring (bicyclic) bond motifs is 1. The number of carbonyl (C=O) groups excluding carboxylic acids is 1. The Labute approximate surface area is 169 Å². The minimum absolute atomic E-state index is 0.188. The topological polar surface area (TPSA) is 93.1 Å². The molecule has 2 N–H and O–H groups in total. The Bertz CT molecular complexity index is 1090. The van der Waals surface area contributed by atoms with Gasteiger partial charge in [0, 0.05) is 37.6 Å². The molecule has 7 nitrogen and oxygen atoms in total. The standard InChI is InChI=1S/C21H22N4O3S/c26-21(23-14-16-6-11-20-22-12-13-25(20)15-16)24-17-7-9-19(10-8-17)29(27,28)18-4-2-1-3-5-18/h1-5,7-10,12-13,16H,6,11,14-15H2,(H2,23,24,26). The van der Waals surface area contributed by atoms with Crippen LogP contribution in [-0.2, 0) is 22.8 Å². The predicted octanol–water partition coefficient (Wildman–Crippen LogP) is 3.10. The number of hydrogen-bond acceptors (Lipinski definition) is 4. The zero-order valence-electron chi connectivity index (χ0n) is 15.8. The van der Waals surface area contributed by atoms with Gasteiger partial charge in [0.25, 0.3) is 0 Å². The Balaban J connectivity index is 1.32. The number of amides is 2. The summed E-state index contributed by atoms with van der Waals surface area (Å²) in [4.78, 5) is 16.9. The zero-order chi connectivity index (χ0) is 20.3. The normalized spacial score (nSPS) is 16.1. The Morgan fingerprint density at radius 2 is 1.79 bits per heavy atom. The van der Waals surface area contributed by atoms with E-state index < -0.39 is 9.84 Å². The van der Waals surface area contributed by atoms with Gasteiger partial charge in [-0.15, -0.1) is 0 Å². The second-order valence-electron chi connectivity index (χ2n) is 7.08. The molecule has 0 aliphatic carbocycles. The molecular weight excluding hydrogens is 388 g/mol. The van der Waals surface area contributed by atoms with Gasteiger partial charge in [0.15, 0.2) is 0 Å². The lowest BCUT2D eigenvalue weighted by Gasteiger charge is -2.24. The Morgan fingerprint density at radius 1 is 1.07 bits per heavy atom. The van der Waals surface area contributed by atoms with Crippen LogP contribution in [0.1, 0.15) is 12.2 Å². The molecule has 0 bridgehead atoms. The molecule has 1 aliphatic heterocycles. The van der Waals surface area contributed by atoms with Gasteiger partial charge in [-0.05, 0) is 48.7 Å². The third kappa shape index (κ3) is 4.32. The molecule has 0 spiro atoms. The second kappa shape index (κ2) is 8.08. The van der Waals surface area contributed by atoms with E-state index in [1.165, 1.54) is 12.1 Å². The van der Waals surface area contributed by atoms with Crippen molar-refractivity contribution < 1.29 is 13.2 Å². The number of nitrogens with one attached hydrogen (secondary N) is 2. The summed E-state index contributed by atoms with van der Waals surface area (Å²) in [7, 11) is -3.56. The number of sulfone groups is 1. The van der Waals surface area contributed by atoms with Gasteiger partial charge in [-0.2, -0.15) is 0 Å². The molecule has 2 aromatic carbocycles. The summed E-state index contributed by atoms with van der Waals surface area (Å²) in [6.07, 6.45) is 5.67. The van der Waals surface area contributed by atoms with Gasteiger partial charge in [0.05, 0.1) is 9.79 Å². The van der Waals surface area contributed by atoms with Crippen LogP contribution in [0, 0.1) is 5.92 Å². The van der Waals surface area contributed by atoms with Crippen molar-refractivity contribution in [2.45, 2.75) is 29.2 Å². The number of carbonyl (C=O) groups is 1.